The number of imidazole rings is 1. The average molecular weight is 450 g/mol. The van der Waals surface area contributed by atoms with Gasteiger partial charge in [0.2, 0.25) is 5.95 Å². The molecule has 4 aromatic rings. The molecule has 0 aliphatic rings. The molecule has 13 heteroatoms. The first-order valence-corrected chi connectivity index (χ1v) is 9.18. The number of fused-ring (bicyclic) bond motifs is 1. The highest BCUT2D eigenvalue weighted by Crippen LogP contribution is 2.31. The van der Waals surface area contributed by atoms with Crippen LogP contribution in [0.1, 0.15) is 24.4 Å². The minimum Gasteiger partial charge on any atom is -0.346 e. The van der Waals surface area contributed by atoms with E-state index in [2.05, 4.69) is 35.6 Å². The van der Waals surface area contributed by atoms with E-state index in [1.54, 1.807) is 17.8 Å². The minimum absolute atomic E-state index is 0.119. The lowest BCUT2D eigenvalue weighted by atomic mass is 10.2. The number of hydrogen-bond acceptors (Lipinski definition) is 7. The molecule has 0 radical (unpaired) electrons. The standard InChI is InChI=1S/C19H15F5N8/c1-9(15-12(21)5-10(20)6-25-15)27-18-30-16-11(3-4-13(28-16)19(22,23)24)17(31-18)29-14-7-32(2)8-26-14/h3-9H,1-2H3,(H2,27,28,29,30,31)/t9-/m1/s1. The Morgan fingerprint density at radius 1 is 1.06 bits per heavy atom. The summed E-state index contributed by atoms with van der Waals surface area (Å²) in [6.07, 6.45) is -0.659. The van der Waals surface area contributed by atoms with Crippen molar-refractivity contribution < 1.29 is 22.0 Å². The number of aromatic nitrogens is 6. The van der Waals surface area contributed by atoms with E-state index in [0.29, 0.717) is 11.9 Å². The molecule has 32 heavy (non-hydrogen) atoms. The number of halogens is 5. The highest BCUT2D eigenvalue weighted by Gasteiger charge is 2.33. The Morgan fingerprint density at radius 2 is 1.84 bits per heavy atom. The van der Waals surface area contributed by atoms with Crippen molar-refractivity contribution in [2.45, 2.75) is 19.1 Å². The van der Waals surface area contributed by atoms with Crippen LogP contribution in [0.3, 0.4) is 0 Å². The highest BCUT2D eigenvalue weighted by atomic mass is 19.4. The van der Waals surface area contributed by atoms with Crippen LogP contribution in [0.4, 0.5) is 39.5 Å². The molecule has 0 bridgehead atoms. The summed E-state index contributed by atoms with van der Waals surface area (Å²) in [5, 5.41) is 5.90. The van der Waals surface area contributed by atoms with E-state index in [1.165, 1.54) is 19.3 Å². The van der Waals surface area contributed by atoms with E-state index in [0.717, 1.165) is 12.3 Å². The maximum atomic E-state index is 14.1. The number of aryl methyl sites for hydroxylation is 1. The summed E-state index contributed by atoms with van der Waals surface area (Å²) in [7, 11) is 1.74. The van der Waals surface area contributed by atoms with Crippen LogP contribution in [0, 0.1) is 11.6 Å². The largest absolute Gasteiger partial charge is 0.433 e. The van der Waals surface area contributed by atoms with E-state index in [1.807, 2.05) is 0 Å². The third-order valence-corrected chi connectivity index (χ3v) is 4.39. The van der Waals surface area contributed by atoms with Crippen molar-refractivity contribution in [1.82, 2.24) is 29.5 Å². The Balaban J connectivity index is 1.76. The van der Waals surface area contributed by atoms with Gasteiger partial charge in [-0.15, -0.1) is 0 Å². The maximum absolute atomic E-state index is 14.1. The van der Waals surface area contributed by atoms with Gasteiger partial charge in [0.15, 0.2) is 5.65 Å². The number of alkyl halides is 3. The van der Waals surface area contributed by atoms with Gasteiger partial charge in [0.05, 0.1) is 29.6 Å². The number of pyridine rings is 2. The molecule has 0 fully saturated rings. The van der Waals surface area contributed by atoms with Crippen LogP contribution in [-0.4, -0.2) is 29.5 Å². The zero-order valence-corrected chi connectivity index (χ0v) is 16.6. The second kappa shape index (κ2) is 7.98. The van der Waals surface area contributed by atoms with Gasteiger partial charge in [-0.05, 0) is 19.1 Å². The van der Waals surface area contributed by atoms with E-state index in [4.69, 9.17) is 0 Å². The Hall–Kier alpha value is -3.90. The van der Waals surface area contributed by atoms with Crippen molar-refractivity contribution >= 4 is 28.6 Å². The first kappa shape index (κ1) is 21.3. The van der Waals surface area contributed by atoms with Gasteiger partial charge in [-0.1, -0.05) is 0 Å². The second-order valence-electron chi connectivity index (χ2n) is 6.90. The molecule has 0 amide bonds. The number of anilines is 3. The van der Waals surface area contributed by atoms with Crippen molar-refractivity contribution in [3.63, 3.8) is 0 Å². The maximum Gasteiger partial charge on any atom is 0.433 e. The lowest BCUT2D eigenvalue weighted by Crippen LogP contribution is -2.14. The summed E-state index contributed by atoms with van der Waals surface area (Å²) < 4.78 is 68.3. The van der Waals surface area contributed by atoms with Crippen molar-refractivity contribution in [1.29, 1.82) is 0 Å². The molecule has 0 aliphatic heterocycles. The molecule has 0 aliphatic carbocycles. The van der Waals surface area contributed by atoms with Gasteiger partial charge < -0.3 is 15.2 Å². The molecule has 0 aromatic carbocycles. The summed E-state index contributed by atoms with van der Waals surface area (Å²) in [6.45, 7) is 1.52. The molecule has 4 heterocycles. The van der Waals surface area contributed by atoms with Crippen molar-refractivity contribution in [2.24, 2.45) is 7.05 Å². The highest BCUT2D eigenvalue weighted by molar-refractivity contribution is 5.89. The van der Waals surface area contributed by atoms with Crippen LogP contribution in [0.15, 0.2) is 36.9 Å². The number of hydrogen-bond donors (Lipinski definition) is 2. The van der Waals surface area contributed by atoms with Crippen LogP contribution >= 0.6 is 0 Å². The summed E-state index contributed by atoms with van der Waals surface area (Å²) in [5.41, 5.74) is -1.49. The van der Waals surface area contributed by atoms with E-state index < -0.39 is 29.5 Å². The molecule has 0 unspecified atom stereocenters. The third-order valence-electron chi connectivity index (χ3n) is 4.39. The van der Waals surface area contributed by atoms with Crippen molar-refractivity contribution in [2.75, 3.05) is 10.6 Å². The summed E-state index contributed by atoms with van der Waals surface area (Å²) in [4.78, 5) is 19.8. The lowest BCUT2D eigenvalue weighted by molar-refractivity contribution is -0.141. The molecule has 166 valence electrons. The van der Waals surface area contributed by atoms with Crippen LogP contribution in [0.5, 0.6) is 0 Å². The average Bonchev–Trinajstić information content (AvgIpc) is 3.11. The predicted molar refractivity (Wildman–Crippen MR) is 105 cm³/mol. The molecule has 0 saturated heterocycles. The second-order valence-corrected chi connectivity index (χ2v) is 6.90. The van der Waals surface area contributed by atoms with Crippen molar-refractivity contribution in [3.8, 4) is 0 Å². The van der Waals surface area contributed by atoms with Gasteiger partial charge >= 0.3 is 6.18 Å². The molecule has 8 nitrogen and oxygen atoms in total. The Kier molecular flexibility index (Phi) is 5.32. The molecule has 0 saturated carbocycles. The lowest BCUT2D eigenvalue weighted by Gasteiger charge is -2.16. The normalized spacial score (nSPS) is 12.7. The molecule has 2 N–H and O–H groups in total. The first-order chi connectivity index (χ1) is 15.1. The Morgan fingerprint density at radius 3 is 2.50 bits per heavy atom. The first-order valence-electron chi connectivity index (χ1n) is 9.18. The van der Waals surface area contributed by atoms with Gasteiger partial charge in [0, 0.05) is 19.3 Å². The zero-order chi connectivity index (χ0) is 23.0. The van der Waals surface area contributed by atoms with Crippen LogP contribution in [0.2, 0.25) is 0 Å². The third kappa shape index (κ3) is 4.40. The monoisotopic (exact) mass is 450 g/mol. The molecule has 1 atom stereocenters. The fourth-order valence-corrected chi connectivity index (χ4v) is 2.93. The number of rotatable bonds is 5. The number of nitrogens with zero attached hydrogens (tertiary/aromatic N) is 6. The fourth-order valence-electron chi connectivity index (χ4n) is 2.93. The van der Waals surface area contributed by atoms with Crippen LogP contribution < -0.4 is 10.6 Å². The van der Waals surface area contributed by atoms with Crippen LogP contribution in [0.25, 0.3) is 11.0 Å². The molecule has 0 spiro atoms. The van der Waals surface area contributed by atoms with E-state index in [-0.39, 0.29) is 28.5 Å². The van der Waals surface area contributed by atoms with Gasteiger partial charge in [-0.2, -0.15) is 23.1 Å². The molecule has 4 aromatic heterocycles. The van der Waals surface area contributed by atoms with Gasteiger partial charge in [-0.25, -0.2) is 18.7 Å². The van der Waals surface area contributed by atoms with E-state index in [9.17, 15) is 22.0 Å². The van der Waals surface area contributed by atoms with Gasteiger partial charge in [0.25, 0.3) is 0 Å². The minimum atomic E-state index is -4.67. The SMILES string of the molecule is C[C@@H](Nc1nc(Nc2cn(C)cn2)c2ccc(C(F)(F)F)nc2n1)c1ncc(F)cc1F. The topological polar surface area (TPSA) is 93.4 Å². The summed E-state index contributed by atoms with van der Waals surface area (Å²) in [6, 6.07) is 1.86. The van der Waals surface area contributed by atoms with Crippen LogP contribution in [-0.2, 0) is 13.2 Å². The van der Waals surface area contributed by atoms with Gasteiger partial charge in [-0.3, -0.25) is 4.98 Å². The smallest absolute Gasteiger partial charge is 0.346 e. The Bertz CT molecular complexity index is 1290. The van der Waals surface area contributed by atoms with Gasteiger partial charge in [0.1, 0.15) is 29.0 Å². The molecular formula is C19H15F5N8. The quantitative estimate of drug-likeness (QED) is 0.436. The number of nitrogens with one attached hydrogen (secondary N) is 2. The predicted octanol–water partition coefficient (Wildman–Crippen LogP) is 4.37. The van der Waals surface area contributed by atoms with E-state index >= 15 is 0 Å². The Labute approximate surface area is 177 Å². The summed E-state index contributed by atoms with van der Waals surface area (Å²) in [5.74, 6) is -1.35. The molecular weight excluding hydrogens is 435 g/mol. The fraction of sp³-hybridized carbons (Fsp3) is 0.211. The van der Waals surface area contributed by atoms with Crippen molar-refractivity contribution in [3.05, 3.63) is 59.9 Å². The summed E-state index contributed by atoms with van der Waals surface area (Å²) >= 11 is 0. The zero-order valence-electron chi connectivity index (χ0n) is 16.6. The molecule has 4 rings (SSSR count).